The van der Waals surface area contributed by atoms with Crippen LogP contribution in [-0.2, 0) is 17.9 Å². The fourth-order valence-corrected chi connectivity index (χ4v) is 2.43. The van der Waals surface area contributed by atoms with Crippen LogP contribution in [0.4, 0.5) is 5.82 Å². The minimum absolute atomic E-state index is 0.0850. The van der Waals surface area contributed by atoms with Crippen LogP contribution in [-0.4, -0.2) is 51.5 Å². The first-order valence-electron chi connectivity index (χ1n) is 5.76. The lowest BCUT2D eigenvalue weighted by Gasteiger charge is -2.03. The fraction of sp³-hybridized carbons (Fsp3) is 0.444. The molecule has 0 aliphatic carbocycles. The normalized spacial score (nSPS) is 10.7. The number of hydrogen-bond acceptors (Lipinski definition) is 8. The number of carbonyl (C=O) groups is 1. The summed E-state index contributed by atoms with van der Waals surface area (Å²) in [5.74, 6) is -0.159. The molecule has 0 spiro atoms. The van der Waals surface area contributed by atoms with Crippen LogP contribution in [0.15, 0.2) is 11.4 Å². The third-order valence-corrected chi connectivity index (χ3v) is 3.49. The molecule has 21 heavy (non-hydrogen) atoms. The number of tetrazole rings is 1. The summed E-state index contributed by atoms with van der Waals surface area (Å²) in [5, 5.41) is 30.6. The van der Waals surface area contributed by atoms with Gasteiger partial charge in [-0.25, -0.2) is 14.2 Å². The lowest BCUT2D eigenvalue weighted by atomic mass is 10.6. The van der Waals surface area contributed by atoms with Crippen molar-refractivity contribution in [3.63, 3.8) is 0 Å². The molecule has 0 aliphatic heterocycles. The van der Waals surface area contributed by atoms with E-state index in [0.717, 1.165) is 4.68 Å². The second kappa shape index (κ2) is 6.30. The highest BCUT2D eigenvalue weighted by Crippen LogP contribution is 2.18. The Morgan fingerprint density at radius 3 is 3.00 bits per heavy atom. The van der Waals surface area contributed by atoms with E-state index in [1.54, 1.807) is 6.92 Å². The van der Waals surface area contributed by atoms with Gasteiger partial charge in [0.05, 0.1) is 0 Å². The Hall–Kier alpha value is -2.50. The fourth-order valence-electron chi connectivity index (χ4n) is 1.63. The Balaban J connectivity index is 1.99. The standard InChI is InChI=1S/C9H11N7O4S/c1-6-10-4-7(16(19)20)14(6)2-3-21-9-11-12-13-15(9)5-8(17)18/h4H,2-3,5H2,1H3,(H,17,18). The van der Waals surface area contributed by atoms with E-state index >= 15 is 0 Å². The average molecular weight is 313 g/mol. The van der Waals surface area contributed by atoms with E-state index in [4.69, 9.17) is 5.11 Å². The van der Waals surface area contributed by atoms with Crippen LogP contribution in [0.1, 0.15) is 5.82 Å². The smallest absolute Gasteiger partial charge is 0.342 e. The molecule has 1 N–H and O–H groups in total. The maximum absolute atomic E-state index is 10.8. The molecule has 0 radical (unpaired) electrons. The van der Waals surface area contributed by atoms with Gasteiger partial charge in [-0.3, -0.25) is 4.79 Å². The van der Waals surface area contributed by atoms with Crippen LogP contribution in [0.3, 0.4) is 0 Å². The van der Waals surface area contributed by atoms with Crippen molar-refractivity contribution < 1.29 is 14.8 Å². The molecule has 0 bridgehead atoms. The molecule has 0 saturated heterocycles. The Kier molecular flexibility index (Phi) is 4.47. The van der Waals surface area contributed by atoms with Crippen molar-refractivity contribution in [2.24, 2.45) is 0 Å². The van der Waals surface area contributed by atoms with Crippen molar-refractivity contribution in [2.75, 3.05) is 5.75 Å². The van der Waals surface area contributed by atoms with Gasteiger partial charge < -0.3 is 15.2 Å². The minimum Gasteiger partial charge on any atom is -0.480 e. The summed E-state index contributed by atoms with van der Waals surface area (Å²) in [7, 11) is 0. The predicted molar refractivity (Wildman–Crippen MR) is 69.8 cm³/mol. The van der Waals surface area contributed by atoms with Crippen molar-refractivity contribution in [3.8, 4) is 0 Å². The number of carboxylic acid groups (broad SMARTS) is 1. The molecule has 12 heteroatoms. The van der Waals surface area contributed by atoms with Gasteiger partial charge in [-0.15, -0.1) is 5.10 Å². The molecule has 0 fully saturated rings. The van der Waals surface area contributed by atoms with Gasteiger partial charge in [0.25, 0.3) is 0 Å². The van der Waals surface area contributed by atoms with Gasteiger partial charge in [0, 0.05) is 12.7 Å². The van der Waals surface area contributed by atoms with E-state index < -0.39 is 10.9 Å². The lowest BCUT2D eigenvalue weighted by Crippen LogP contribution is -2.12. The zero-order chi connectivity index (χ0) is 15.4. The van der Waals surface area contributed by atoms with Crippen LogP contribution >= 0.6 is 11.8 Å². The number of thioether (sulfide) groups is 1. The molecule has 2 rings (SSSR count). The van der Waals surface area contributed by atoms with Crippen LogP contribution in [0.25, 0.3) is 0 Å². The molecule has 0 atom stereocenters. The summed E-state index contributed by atoms with van der Waals surface area (Å²) in [5.41, 5.74) is 0. The van der Waals surface area contributed by atoms with Crippen LogP contribution in [0, 0.1) is 17.0 Å². The van der Waals surface area contributed by atoms with Crippen molar-refractivity contribution in [2.45, 2.75) is 25.2 Å². The molecule has 11 nitrogen and oxygen atoms in total. The van der Waals surface area contributed by atoms with Gasteiger partial charge in [-0.05, 0) is 15.4 Å². The van der Waals surface area contributed by atoms with Gasteiger partial charge in [0.15, 0.2) is 5.82 Å². The second-order valence-corrected chi connectivity index (χ2v) is 5.00. The second-order valence-electron chi connectivity index (χ2n) is 3.93. The molecule has 0 aromatic carbocycles. The Bertz CT molecular complexity index is 667. The van der Waals surface area contributed by atoms with Crippen molar-refractivity contribution in [1.29, 1.82) is 0 Å². The maximum Gasteiger partial charge on any atom is 0.342 e. The summed E-state index contributed by atoms with van der Waals surface area (Å²) in [6.07, 6.45) is 1.20. The largest absolute Gasteiger partial charge is 0.480 e. The summed E-state index contributed by atoms with van der Waals surface area (Å²) < 4.78 is 2.63. The van der Waals surface area contributed by atoms with E-state index in [0.29, 0.717) is 23.3 Å². The molecular weight excluding hydrogens is 302 g/mol. The number of aliphatic carboxylic acids is 1. The average Bonchev–Trinajstić information content (AvgIpc) is 2.97. The number of imidazole rings is 1. The third kappa shape index (κ3) is 3.53. The SMILES string of the molecule is Cc1ncc([N+](=O)[O-])n1CCSc1nnnn1CC(=O)O. The summed E-state index contributed by atoms with van der Waals surface area (Å²) in [6, 6.07) is 0. The molecule has 0 unspecified atom stereocenters. The quantitative estimate of drug-likeness (QED) is 0.423. The minimum atomic E-state index is -1.05. The van der Waals surface area contributed by atoms with Crippen molar-refractivity contribution in [3.05, 3.63) is 22.1 Å². The summed E-state index contributed by atoms with van der Waals surface area (Å²) >= 11 is 1.22. The number of nitrogens with zero attached hydrogens (tertiary/aromatic N) is 7. The Labute approximate surface area is 122 Å². The molecule has 0 saturated carbocycles. The Morgan fingerprint density at radius 1 is 1.57 bits per heavy atom. The van der Waals surface area contributed by atoms with Gasteiger partial charge >= 0.3 is 11.8 Å². The highest BCUT2D eigenvalue weighted by atomic mass is 32.2. The molecule has 2 aromatic rings. The Morgan fingerprint density at radius 2 is 2.33 bits per heavy atom. The number of aryl methyl sites for hydroxylation is 1. The lowest BCUT2D eigenvalue weighted by molar-refractivity contribution is -0.392. The first kappa shape index (κ1) is 14.9. The van der Waals surface area contributed by atoms with Gasteiger partial charge in [-0.1, -0.05) is 11.8 Å². The van der Waals surface area contributed by atoms with Crippen LogP contribution in [0.2, 0.25) is 0 Å². The predicted octanol–water partition coefficient (Wildman–Crippen LogP) is -0.0369. The number of rotatable bonds is 7. The highest BCUT2D eigenvalue weighted by Gasteiger charge is 2.17. The highest BCUT2D eigenvalue weighted by molar-refractivity contribution is 7.99. The van der Waals surface area contributed by atoms with Crippen LogP contribution in [0.5, 0.6) is 0 Å². The molecule has 112 valence electrons. The number of aromatic nitrogens is 6. The van der Waals surface area contributed by atoms with E-state index in [1.807, 2.05) is 0 Å². The molecule has 2 aromatic heterocycles. The first-order valence-corrected chi connectivity index (χ1v) is 6.75. The third-order valence-electron chi connectivity index (χ3n) is 2.55. The first-order chi connectivity index (χ1) is 9.99. The van der Waals surface area contributed by atoms with E-state index in [9.17, 15) is 14.9 Å². The topological polar surface area (TPSA) is 142 Å². The number of hydrogen-bond donors (Lipinski definition) is 1. The zero-order valence-electron chi connectivity index (χ0n) is 10.9. The van der Waals surface area contributed by atoms with Crippen molar-refractivity contribution in [1.82, 2.24) is 29.8 Å². The van der Waals surface area contributed by atoms with Crippen LogP contribution < -0.4 is 0 Å². The monoisotopic (exact) mass is 313 g/mol. The van der Waals surface area contributed by atoms with E-state index in [1.165, 1.54) is 22.5 Å². The summed E-state index contributed by atoms with van der Waals surface area (Å²) in [6.45, 7) is 1.68. The van der Waals surface area contributed by atoms with Crippen molar-refractivity contribution >= 4 is 23.5 Å². The van der Waals surface area contributed by atoms with Gasteiger partial charge in [-0.2, -0.15) is 0 Å². The van der Waals surface area contributed by atoms with Gasteiger partial charge in [0.1, 0.15) is 19.3 Å². The molecule has 0 aliphatic rings. The maximum atomic E-state index is 10.8. The molecule has 0 amide bonds. The molecule has 2 heterocycles. The van der Waals surface area contributed by atoms with E-state index in [-0.39, 0.29) is 12.4 Å². The van der Waals surface area contributed by atoms with Gasteiger partial charge in [0.2, 0.25) is 5.16 Å². The number of carboxylic acids is 1. The number of nitro groups is 1. The molecular formula is C9H11N7O4S. The summed E-state index contributed by atoms with van der Waals surface area (Å²) in [4.78, 5) is 24.9. The zero-order valence-corrected chi connectivity index (χ0v) is 11.7. The van der Waals surface area contributed by atoms with E-state index in [2.05, 4.69) is 20.5 Å².